The van der Waals surface area contributed by atoms with Crippen molar-refractivity contribution in [2.45, 2.75) is 39.2 Å². The van der Waals surface area contributed by atoms with Crippen molar-refractivity contribution in [3.63, 3.8) is 0 Å². The van der Waals surface area contributed by atoms with E-state index < -0.39 is 242 Å². The van der Waals surface area contributed by atoms with Crippen molar-refractivity contribution < 1.29 is 129 Å². The molecule has 8 aromatic rings. The second-order valence-electron chi connectivity index (χ2n) is 17.9. The summed E-state index contributed by atoms with van der Waals surface area (Å²) >= 11 is 0. The van der Waals surface area contributed by atoms with Crippen molar-refractivity contribution in [2.75, 3.05) is 5.73 Å². The molecule has 8 rings (SSSR count). The molecule has 0 fully saturated rings. The van der Waals surface area contributed by atoms with Gasteiger partial charge in [-0.3, -0.25) is 56.7 Å². The lowest BCUT2D eigenvalue weighted by Gasteiger charge is -2.15. The number of hydrogen-bond acceptors (Lipinski definition) is 32. The minimum absolute atomic E-state index is 0.147. The molecule has 0 radical (unpaired) electrons. The van der Waals surface area contributed by atoms with Crippen LogP contribution in [-0.4, -0.2) is 129 Å². The molecule has 484 valence electrons. The van der Waals surface area contributed by atoms with Crippen molar-refractivity contribution in [3.05, 3.63) is 105 Å². The molecule has 92 heavy (non-hydrogen) atoms. The number of fused-ring (bicyclic) bond motifs is 3. The minimum Gasteiger partial charge on any atom is -0.505 e. The number of anilines is 1. The van der Waals surface area contributed by atoms with Crippen LogP contribution in [0.3, 0.4) is 0 Å². The van der Waals surface area contributed by atoms with Gasteiger partial charge in [0.2, 0.25) is 0 Å². The molecule has 8 aromatic carbocycles. The first kappa shape index (κ1) is 68.1. The number of hydrogen-bond donors (Lipinski definition) is 12. The first-order chi connectivity index (χ1) is 42.0. The summed E-state index contributed by atoms with van der Waals surface area (Å²) < 4.78 is 282. The number of nitro benzene ring substituents is 2. The molecule has 0 saturated heterocycles. The van der Waals surface area contributed by atoms with Gasteiger partial charge < -0.3 is 21.1 Å². The Morgan fingerprint density at radius 1 is 0.326 bits per heavy atom. The van der Waals surface area contributed by atoms with Gasteiger partial charge in [-0.25, -0.2) is 0 Å². The number of aromatic hydroxyl groups is 3. The van der Waals surface area contributed by atoms with Gasteiger partial charge in [0, 0.05) is 39.1 Å². The molecule has 0 bridgehead atoms. The monoisotopic (exact) mass is 1440 g/mol. The number of azo groups is 4. The zero-order valence-corrected chi connectivity index (χ0v) is 50.0. The summed E-state index contributed by atoms with van der Waals surface area (Å²) in [5.41, 5.74) is -6.74. The SMILES string of the molecule is Nc1c(N=Nc2ccc3c(O)c(N=Nc4ccc5c(O)c(N=Nc6ccc(S(=O)(=O)O)cc6[N+](=O)[O-])c(S(=O)(=O)O)cc5c4S(=O)(=O)O)c(S(=O)(=O)O)cc3c2S(=O)(=O)O)cc(S(=O)(=O)O)c2cc(S(=O)(=O)O)c(N=Nc3ccc(S(=O)(=O)O)cc3[N+](=O)[O-])c(O)c12. The van der Waals surface area contributed by atoms with Crippen LogP contribution in [0.15, 0.2) is 165 Å². The van der Waals surface area contributed by atoms with Gasteiger partial charge in [-0.1, -0.05) is 0 Å². The highest BCUT2D eigenvalue weighted by Crippen LogP contribution is 2.51. The van der Waals surface area contributed by atoms with Crippen LogP contribution in [0.5, 0.6) is 17.2 Å². The molecule has 0 unspecified atom stereocenters. The Morgan fingerprint density at radius 3 is 0.957 bits per heavy atom. The summed E-state index contributed by atoms with van der Waals surface area (Å²) in [6.45, 7) is 0. The van der Waals surface area contributed by atoms with Crippen LogP contribution in [0.2, 0.25) is 0 Å². The Morgan fingerprint density at radius 2 is 0.630 bits per heavy atom. The van der Waals surface area contributed by atoms with Crippen LogP contribution >= 0.6 is 0 Å². The van der Waals surface area contributed by atoms with E-state index in [9.17, 15) is 139 Å². The van der Waals surface area contributed by atoms with Crippen LogP contribution in [0, 0.1) is 20.2 Å². The number of phenols is 3. The molecule has 0 aliphatic rings. The van der Waals surface area contributed by atoms with E-state index in [0.29, 0.717) is 54.6 Å². The van der Waals surface area contributed by atoms with Crippen molar-refractivity contribution in [1.82, 2.24) is 0 Å². The van der Waals surface area contributed by atoms with Crippen LogP contribution in [0.1, 0.15) is 0 Å². The Labute approximate surface area is 510 Å². The molecule has 42 nitrogen and oxygen atoms in total. The van der Waals surface area contributed by atoms with Gasteiger partial charge in [0.25, 0.3) is 92.3 Å². The predicted molar refractivity (Wildman–Crippen MR) is 303 cm³/mol. The second-order valence-corrected chi connectivity index (χ2v) is 29.0. The second kappa shape index (κ2) is 23.2. The number of phenolic OH excluding ortho intramolecular Hbond substituents is 3. The highest BCUT2D eigenvalue weighted by atomic mass is 32.2. The largest absolute Gasteiger partial charge is 0.505 e. The van der Waals surface area contributed by atoms with E-state index in [-0.39, 0.29) is 30.3 Å². The van der Waals surface area contributed by atoms with E-state index in [0.717, 1.165) is 0 Å². The molecule has 0 atom stereocenters. The zero-order valence-electron chi connectivity index (χ0n) is 43.5. The predicted octanol–water partition coefficient (Wildman–Crippen LogP) is 7.30. The van der Waals surface area contributed by atoms with Gasteiger partial charge in [-0.05, 0) is 72.8 Å². The fourth-order valence-corrected chi connectivity index (χ4v) is 13.6. The smallest absolute Gasteiger partial charge is 0.298 e. The average molecular weight is 1440 g/mol. The zero-order chi connectivity index (χ0) is 68.9. The van der Waals surface area contributed by atoms with E-state index in [1.165, 1.54) is 0 Å². The summed E-state index contributed by atoms with van der Waals surface area (Å²) in [4.78, 5) is 9.46. The molecule has 0 amide bonds. The van der Waals surface area contributed by atoms with Crippen molar-refractivity contribution >= 4 is 176 Å². The summed E-state index contributed by atoms with van der Waals surface area (Å²) in [6.07, 6.45) is 0. The van der Waals surface area contributed by atoms with Gasteiger partial charge >= 0.3 is 0 Å². The Hall–Kier alpha value is -9.78. The maximum absolute atomic E-state index is 13.2. The third-order valence-electron chi connectivity index (χ3n) is 12.2. The topological polar surface area (TPSA) is 707 Å². The highest BCUT2D eigenvalue weighted by Gasteiger charge is 2.33. The fourth-order valence-electron chi connectivity index (χ4n) is 8.36. The molecular weight excluding hydrogens is 1410 g/mol. The quantitative estimate of drug-likeness (QED) is 0.0132. The third kappa shape index (κ3) is 13.3. The highest BCUT2D eigenvalue weighted by molar-refractivity contribution is 7.88. The lowest BCUT2D eigenvalue weighted by molar-refractivity contribution is -0.384. The normalized spacial score (nSPS) is 13.4. The number of benzene rings is 8. The van der Waals surface area contributed by atoms with E-state index in [1.54, 1.807) is 0 Å². The maximum Gasteiger partial charge on any atom is 0.298 e. The van der Waals surface area contributed by atoms with Gasteiger partial charge in [0.1, 0.15) is 73.3 Å². The molecule has 0 spiro atoms. The number of rotatable bonds is 18. The van der Waals surface area contributed by atoms with Gasteiger partial charge in [-0.2, -0.15) is 67.3 Å². The van der Waals surface area contributed by atoms with E-state index in [4.69, 9.17) is 5.73 Å². The molecule has 0 heterocycles. The van der Waals surface area contributed by atoms with Gasteiger partial charge in [0.05, 0.1) is 20.9 Å². The first-order valence-corrected chi connectivity index (χ1v) is 34.4. The molecule has 0 saturated carbocycles. The number of nitrogens with two attached hydrogens (primary N) is 1. The Kier molecular flexibility index (Phi) is 17.2. The van der Waals surface area contributed by atoms with Gasteiger partial charge in [-0.15, -0.1) is 40.9 Å². The van der Waals surface area contributed by atoms with E-state index in [1.807, 2.05) is 0 Å². The fraction of sp³-hybridized carbons (Fsp3) is 0. The van der Waals surface area contributed by atoms with Crippen LogP contribution in [0.4, 0.5) is 62.6 Å². The minimum atomic E-state index is -5.91. The average Bonchev–Trinajstić information content (AvgIpc) is 0.750. The lowest BCUT2D eigenvalue weighted by Crippen LogP contribution is -2.04. The molecular formula is C42H27N11O31S8. The van der Waals surface area contributed by atoms with Crippen LogP contribution in [-0.2, 0) is 80.9 Å². The number of nitrogen functional groups attached to an aromatic ring is 1. The van der Waals surface area contributed by atoms with E-state index in [2.05, 4.69) is 40.9 Å². The first-order valence-electron chi connectivity index (χ1n) is 22.8. The Bertz CT molecular complexity index is 5810. The number of nitrogens with zero attached hydrogens (tertiary/aromatic N) is 10. The molecule has 0 aromatic heterocycles. The number of nitro groups is 2. The molecule has 0 aliphatic carbocycles. The summed E-state index contributed by atoms with van der Waals surface area (Å²) in [5.74, 6) is -4.61. The standard InChI is InChI=1S/C42H27N11O31S8/c43-34-26(14-29(87(67,68)69)21-13-32(90(76,77)78)37(40(56)33(21)34)51-45-23-6-2-16(86(64,65)66)10-28(23)53(59)60)48-46-24-7-3-17-19(41(24)91(79,80)81)11-31(89(73,74)75)36(39(17)55)50-47-25-8-4-18-20(42(25)92(82,83)84)12-30(88(70,71)72)35(38(18)54)49-44-22-5-1-15(85(61,62)63)9-27(22)52(57)58/h1-14,54-56H,43H2,(H,61,62,63)(H,64,65,66)(H,67,68,69)(H,70,71,72)(H,73,74,75)(H,76,77,78)(H,79,80,81)(H,82,83,84). The summed E-state index contributed by atoms with van der Waals surface area (Å²) in [6, 6.07) is 6.00. The summed E-state index contributed by atoms with van der Waals surface area (Å²) in [7, 11) is -45.0. The van der Waals surface area contributed by atoms with Crippen molar-refractivity contribution in [1.29, 1.82) is 0 Å². The van der Waals surface area contributed by atoms with E-state index >= 15 is 0 Å². The van der Waals surface area contributed by atoms with Crippen molar-refractivity contribution in [3.8, 4) is 17.2 Å². The molecule has 13 N–H and O–H groups in total. The van der Waals surface area contributed by atoms with Crippen LogP contribution < -0.4 is 5.73 Å². The Balaban J connectivity index is 1.30. The van der Waals surface area contributed by atoms with Crippen LogP contribution in [0.25, 0.3) is 32.3 Å². The molecule has 0 aliphatic heterocycles. The summed E-state index contributed by atoms with van der Waals surface area (Å²) in [5, 5.41) is 79.2. The third-order valence-corrected chi connectivity index (χ3v) is 19.3. The van der Waals surface area contributed by atoms with Gasteiger partial charge in [0.15, 0.2) is 28.6 Å². The molecule has 50 heteroatoms. The lowest BCUT2D eigenvalue weighted by atomic mass is 10.0. The van der Waals surface area contributed by atoms with Crippen molar-refractivity contribution in [2.24, 2.45) is 40.9 Å². The maximum atomic E-state index is 13.2.